The summed E-state index contributed by atoms with van der Waals surface area (Å²) in [5, 5.41) is 16.4. The van der Waals surface area contributed by atoms with Crippen LogP contribution in [0.25, 0.3) is 0 Å². The number of carbonyl (C=O) groups excluding carboxylic acids is 3. The summed E-state index contributed by atoms with van der Waals surface area (Å²) in [4.78, 5) is 49.4. The molecular formula is C23H23ClN4O6. The summed E-state index contributed by atoms with van der Waals surface area (Å²) < 4.78 is 5.04. The largest absolute Gasteiger partial charge is 0.417 e. The lowest BCUT2D eigenvalue weighted by atomic mass is 10.2. The molecule has 10 nitrogen and oxygen atoms in total. The predicted octanol–water partition coefficient (Wildman–Crippen LogP) is 4.32. The zero-order valence-corrected chi connectivity index (χ0v) is 19.1. The predicted molar refractivity (Wildman–Crippen MR) is 130 cm³/mol. The van der Waals surface area contributed by atoms with Gasteiger partial charge in [-0.05, 0) is 24.3 Å². The van der Waals surface area contributed by atoms with Crippen molar-refractivity contribution in [3.05, 3.63) is 76.8 Å². The fourth-order valence-electron chi connectivity index (χ4n) is 2.89. The van der Waals surface area contributed by atoms with Gasteiger partial charge in [0.25, 0.3) is 0 Å². The molecule has 0 aliphatic heterocycles. The summed E-state index contributed by atoms with van der Waals surface area (Å²) in [6.07, 6.45) is 3.28. The molecule has 0 bridgehead atoms. The highest BCUT2D eigenvalue weighted by Crippen LogP contribution is 2.35. The van der Waals surface area contributed by atoms with Crippen LogP contribution in [0.4, 0.5) is 22.7 Å². The molecule has 2 N–H and O–H groups in total. The number of halogens is 1. The molecule has 34 heavy (non-hydrogen) atoms. The number of rotatable bonds is 10. The maximum Gasteiger partial charge on any atom is 0.314 e. The zero-order chi connectivity index (χ0) is 25.3. The van der Waals surface area contributed by atoms with E-state index in [4.69, 9.17) is 16.3 Å². The van der Waals surface area contributed by atoms with E-state index in [1.807, 2.05) is 4.90 Å². The first-order valence-electron chi connectivity index (χ1n) is 10.1. The zero-order valence-electron chi connectivity index (χ0n) is 18.4. The summed E-state index contributed by atoms with van der Waals surface area (Å²) in [6, 6.07) is 8.45. The summed E-state index contributed by atoms with van der Waals surface area (Å²) >= 11 is 6.08. The van der Waals surface area contributed by atoms with Crippen molar-refractivity contribution >= 4 is 52.1 Å². The Morgan fingerprint density at radius 3 is 2.26 bits per heavy atom. The summed E-state index contributed by atoms with van der Waals surface area (Å²) in [5.74, 6) is -3.42. The van der Waals surface area contributed by atoms with Crippen LogP contribution in [0.3, 0.4) is 0 Å². The van der Waals surface area contributed by atoms with Crippen LogP contribution in [0.2, 0.25) is 5.02 Å². The third-order valence-electron chi connectivity index (χ3n) is 4.40. The normalized spacial score (nSPS) is 10.1. The molecule has 0 aromatic heterocycles. The molecule has 2 rings (SSSR count). The number of hydrogen-bond acceptors (Lipinski definition) is 7. The van der Waals surface area contributed by atoms with Crippen LogP contribution in [0.1, 0.15) is 13.3 Å². The van der Waals surface area contributed by atoms with Gasteiger partial charge in [-0.3, -0.25) is 24.5 Å². The van der Waals surface area contributed by atoms with E-state index in [0.717, 1.165) is 6.07 Å². The first kappa shape index (κ1) is 26.1. The minimum atomic E-state index is -1.14. The van der Waals surface area contributed by atoms with E-state index in [2.05, 4.69) is 23.8 Å². The molecule has 0 fully saturated rings. The van der Waals surface area contributed by atoms with Gasteiger partial charge in [0.2, 0.25) is 5.75 Å². The molecular weight excluding hydrogens is 464 g/mol. The Morgan fingerprint density at radius 2 is 1.71 bits per heavy atom. The molecule has 0 saturated carbocycles. The molecule has 0 spiro atoms. The van der Waals surface area contributed by atoms with Gasteiger partial charge < -0.3 is 20.3 Å². The fraction of sp³-hybridized carbons (Fsp3) is 0.174. The Hall–Kier alpha value is -4.18. The SMILES string of the molecule is C=CCN(CC=C)c1ccc(Cl)cc1NC(=O)C(=O)Nc1cccc([N+](=O)[O-])c1OC(=O)CC. The van der Waals surface area contributed by atoms with Crippen LogP contribution in [-0.4, -0.2) is 35.8 Å². The second-order valence-electron chi connectivity index (χ2n) is 6.79. The van der Waals surface area contributed by atoms with Gasteiger partial charge in [0, 0.05) is 30.6 Å². The number of para-hydroxylation sites is 1. The Morgan fingerprint density at radius 1 is 1.09 bits per heavy atom. The minimum absolute atomic E-state index is 0.0522. The molecule has 0 unspecified atom stereocenters. The molecule has 2 amide bonds. The van der Waals surface area contributed by atoms with Crippen molar-refractivity contribution < 1.29 is 24.0 Å². The summed E-state index contributed by atoms with van der Waals surface area (Å²) in [5.41, 5.74) is 0.0790. The number of amides is 2. The molecule has 0 saturated heterocycles. The average molecular weight is 487 g/mol. The van der Waals surface area contributed by atoms with Gasteiger partial charge in [0.05, 0.1) is 22.0 Å². The van der Waals surface area contributed by atoms with Crippen LogP contribution >= 0.6 is 11.6 Å². The van der Waals surface area contributed by atoms with Crippen LogP contribution < -0.4 is 20.3 Å². The van der Waals surface area contributed by atoms with Crippen molar-refractivity contribution in [3.63, 3.8) is 0 Å². The number of carbonyl (C=O) groups is 3. The minimum Gasteiger partial charge on any atom is -0.417 e. The number of esters is 1. The van der Waals surface area contributed by atoms with Crippen molar-refractivity contribution in [1.29, 1.82) is 0 Å². The molecule has 0 radical (unpaired) electrons. The number of nitro benzene ring substituents is 1. The maximum absolute atomic E-state index is 12.7. The number of nitrogens with one attached hydrogen (secondary N) is 2. The van der Waals surface area contributed by atoms with E-state index in [1.165, 1.54) is 25.1 Å². The van der Waals surface area contributed by atoms with Gasteiger partial charge in [-0.15, -0.1) is 13.2 Å². The van der Waals surface area contributed by atoms with E-state index in [-0.39, 0.29) is 17.8 Å². The van der Waals surface area contributed by atoms with Crippen molar-refractivity contribution in [2.24, 2.45) is 0 Å². The summed E-state index contributed by atoms with van der Waals surface area (Å²) in [6.45, 7) is 9.79. The molecule has 11 heteroatoms. The first-order valence-corrected chi connectivity index (χ1v) is 10.5. The highest BCUT2D eigenvalue weighted by atomic mass is 35.5. The Kier molecular flexibility index (Phi) is 9.33. The van der Waals surface area contributed by atoms with Gasteiger partial charge in [0.1, 0.15) is 0 Å². The second-order valence-corrected chi connectivity index (χ2v) is 7.23. The third-order valence-corrected chi connectivity index (χ3v) is 4.63. The van der Waals surface area contributed by atoms with E-state index < -0.39 is 34.1 Å². The van der Waals surface area contributed by atoms with E-state index in [0.29, 0.717) is 23.8 Å². The highest BCUT2D eigenvalue weighted by molar-refractivity contribution is 6.44. The Bertz CT molecular complexity index is 1120. The number of hydrogen-bond donors (Lipinski definition) is 2. The van der Waals surface area contributed by atoms with Crippen molar-refractivity contribution in [1.82, 2.24) is 0 Å². The van der Waals surface area contributed by atoms with Gasteiger partial charge in [-0.25, -0.2) is 0 Å². The topological polar surface area (TPSA) is 131 Å². The van der Waals surface area contributed by atoms with Crippen molar-refractivity contribution in [2.45, 2.75) is 13.3 Å². The standard InChI is InChI=1S/C23H23ClN4O6/c1-4-12-27(13-5-2)18-11-10-15(24)14-17(18)26-23(31)22(30)25-16-8-7-9-19(28(32)33)21(16)34-20(29)6-3/h4-5,7-11,14H,1-2,6,12-13H2,3H3,(H,25,30)(H,26,31). The molecule has 2 aromatic rings. The lowest BCUT2D eigenvalue weighted by molar-refractivity contribution is -0.385. The molecule has 2 aromatic carbocycles. The number of benzene rings is 2. The second kappa shape index (κ2) is 12.2. The number of anilines is 3. The molecule has 0 atom stereocenters. The van der Waals surface area contributed by atoms with Gasteiger partial charge >= 0.3 is 23.5 Å². The van der Waals surface area contributed by atoms with Crippen LogP contribution in [-0.2, 0) is 14.4 Å². The molecule has 0 heterocycles. The monoisotopic (exact) mass is 486 g/mol. The smallest absolute Gasteiger partial charge is 0.314 e. The lowest BCUT2D eigenvalue weighted by Crippen LogP contribution is -2.31. The number of nitrogens with zero attached hydrogens (tertiary/aromatic N) is 2. The fourth-order valence-corrected chi connectivity index (χ4v) is 3.06. The quantitative estimate of drug-likeness (QED) is 0.128. The van der Waals surface area contributed by atoms with Gasteiger partial charge in [-0.1, -0.05) is 36.7 Å². The van der Waals surface area contributed by atoms with Crippen molar-refractivity contribution in [2.75, 3.05) is 28.6 Å². The van der Waals surface area contributed by atoms with E-state index >= 15 is 0 Å². The van der Waals surface area contributed by atoms with Crippen LogP contribution in [0.5, 0.6) is 5.75 Å². The lowest BCUT2D eigenvalue weighted by Gasteiger charge is -2.24. The summed E-state index contributed by atoms with van der Waals surface area (Å²) in [7, 11) is 0. The van der Waals surface area contributed by atoms with E-state index in [1.54, 1.807) is 24.3 Å². The number of ether oxygens (including phenoxy) is 1. The molecule has 0 aliphatic carbocycles. The molecule has 0 aliphatic rings. The Labute approximate surface area is 201 Å². The molecule has 178 valence electrons. The van der Waals surface area contributed by atoms with E-state index in [9.17, 15) is 24.5 Å². The Balaban J connectivity index is 2.32. The van der Waals surface area contributed by atoms with Crippen molar-refractivity contribution in [3.8, 4) is 5.75 Å². The highest BCUT2D eigenvalue weighted by Gasteiger charge is 2.25. The van der Waals surface area contributed by atoms with Gasteiger partial charge in [0.15, 0.2) is 0 Å². The van der Waals surface area contributed by atoms with Gasteiger partial charge in [-0.2, -0.15) is 0 Å². The first-order chi connectivity index (χ1) is 16.2. The number of nitro groups is 1. The van der Waals surface area contributed by atoms with Crippen LogP contribution in [0.15, 0.2) is 61.7 Å². The van der Waals surface area contributed by atoms with Crippen LogP contribution in [0, 0.1) is 10.1 Å². The third kappa shape index (κ3) is 6.66. The maximum atomic E-state index is 12.7. The average Bonchev–Trinajstić information content (AvgIpc) is 2.79.